The summed E-state index contributed by atoms with van der Waals surface area (Å²) in [6, 6.07) is 4.64. The fourth-order valence-corrected chi connectivity index (χ4v) is 2.36. The van der Waals surface area contributed by atoms with Crippen molar-refractivity contribution in [1.82, 2.24) is 5.32 Å². The van der Waals surface area contributed by atoms with Crippen LogP contribution >= 0.6 is 23.4 Å². The summed E-state index contributed by atoms with van der Waals surface area (Å²) in [5.74, 6) is 1.51. The molecule has 0 aliphatic rings. The third-order valence-corrected chi connectivity index (χ3v) is 3.40. The number of benzene rings is 1. The molecule has 0 bridgehead atoms. The van der Waals surface area contributed by atoms with Crippen LogP contribution in [0.5, 0.6) is 0 Å². The van der Waals surface area contributed by atoms with Crippen LogP contribution in [-0.2, 0) is 6.54 Å². The molecule has 90 valence electrons. The van der Waals surface area contributed by atoms with E-state index >= 15 is 0 Å². The molecule has 4 heteroatoms. The van der Waals surface area contributed by atoms with Crippen molar-refractivity contribution in [2.24, 2.45) is 5.92 Å². The van der Waals surface area contributed by atoms with Crippen LogP contribution in [0.25, 0.3) is 0 Å². The Morgan fingerprint density at radius 3 is 2.94 bits per heavy atom. The second kappa shape index (κ2) is 7.15. The van der Waals surface area contributed by atoms with Crippen LogP contribution in [0.15, 0.2) is 18.2 Å². The van der Waals surface area contributed by atoms with Gasteiger partial charge < -0.3 is 5.32 Å². The minimum absolute atomic E-state index is 0.200. The quantitative estimate of drug-likeness (QED) is 0.840. The van der Waals surface area contributed by atoms with Crippen molar-refractivity contribution in [2.45, 2.75) is 13.5 Å². The molecule has 1 aromatic carbocycles. The molecule has 0 spiro atoms. The normalized spacial score (nSPS) is 12.8. The predicted octanol–water partition coefficient (Wildman–Crippen LogP) is 3.57. The van der Waals surface area contributed by atoms with Gasteiger partial charge in [0.25, 0.3) is 0 Å². The number of nitrogens with one attached hydrogen (secondary N) is 1. The second-order valence-electron chi connectivity index (χ2n) is 3.93. The Kier molecular flexibility index (Phi) is 6.17. The summed E-state index contributed by atoms with van der Waals surface area (Å²) in [7, 11) is 0. The lowest BCUT2D eigenvalue weighted by Gasteiger charge is -2.11. The van der Waals surface area contributed by atoms with Crippen molar-refractivity contribution >= 4 is 23.4 Å². The van der Waals surface area contributed by atoms with Gasteiger partial charge in [-0.15, -0.1) is 0 Å². The molecule has 0 saturated heterocycles. The minimum Gasteiger partial charge on any atom is -0.312 e. The smallest absolute Gasteiger partial charge is 0.127 e. The summed E-state index contributed by atoms with van der Waals surface area (Å²) in [5.41, 5.74) is 0.629. The van der Waals surface area contributed by atoms with Crippen molar-refractivity contribution < 1.29 is 4.39 Å². The Morgan fingerprint density at radius 1 is 1.50 bits per heavy atom. The van der Waals surface area contributed by atoms with Gasteiger partial charge in [0.2, 0.25) is 0 Å². The molecule has 0 aliphatic carbocycles. The molecule has 0 fully saturated rings. The molecule has 0 aromatic heterocycles. The topological polar surface area (TPSA) is 12.0 Å². The van der Waals surface area contributed by atoms with Gasteiger partial charge >= 0.3 is 0 Å². The summed E-state index contributed by atoms with van der Waals surface area (Å²) < 4.78 is 13.3. The summed E-state index contributed by atoms with van der Waals surface area (Å²) in [5, 5.41) is 3.82. The third kappa shape index (κ3) is 4.73. The van der Waals surface area contributed by atoms with Crippen LogP contribution < -0.4 is 5.32 Å². The van der Waals surface area contributed by atoms with Gasteiger partial charge in [0, 0.05) is 17.1 Å². The zero-order valence-electron chi connectivity index (χ0n) is 9.59. The first-order valence-electron chi connectivity index (χ1n) is 5.27. The zero-order chi connectivity index (χ0) is 12.0. The molecule has 1 N–H and O–H groups in total. The Hall–Kier alpha value is -0.250. The van der Waals surface area contributed by atoms with Gasteiger partial charge in [-0.2, -0.15) is 11.8 Å². The molecule has 0 saturated carbocycles. The van der Waals surface area contributed by atoms with Gasteiger partial charge in [-0.05, 0) is 42.7 Å². The maximum absolute atomic E-state index is 13.3. The van der Waals surface area contributed by atoms with E-state index in [1.165, 1.54) is 6.07 Å². The van der Waals surface area contributed by atoms with Crippen molar-refractivity contribution in [2.75, 3.05) is 18.6 Å². The van der Waals surface area contributed by atoms with Crippen LogP contribution in [0.1, 0.15) is 12.5 Å². The Bertz CT molecular complexity index is 333. The standard InChI is InChI=1S/C12H17ClFNS/c1-9(8-16-2)6-15-7-10-5-11(13)3-4-12(10)14/h3-5,9,15H,6-8H2,1-2H3. The second-order valence-corrected chi connectivity index (χ2v) is 5.27. The number of thioether (sulfide) groups is 1. The number of halogens is 2. The third-order valence-electron chi connectivity index (χ3n) is 2.27. The van der Waals surface area contributed by atoms with E-state index in [4.69, 9.17) is 11.6 Å². The van der Waals surface area contributed by atoms with Crippen LogP contribution in [0, 0.1) is 11.7 Å². The lowest BCUT2D eigenvalue weighted by atomic mass is 10.2. The molecule has 0 aliphatic heterocycles. The van der Waals surface area contributed by atoms with Crippen molar-refractivity contribution in [3.8, 4) is 0 Å². The van der Waals surface area contributed by atoms with E-state index in [0.717, 1.165) is 12.3 Å². The van der Waals surface area contributed by atoms with E-state index in [9.17, 15) is 4.39 Å². The van der Waals surface area contributed by atoms with Crippen LogP contribution in [0.3, 0.4) is 0 Å². The molecule has 1 unspecified atom stereocenters. The monoisotopic (exact) mass is 261 g/mol. The van der Waals surface area contributed by atoms with Crippen LogP contribution in [-0.4, -0.2) is 18.6 Å². The van der Waals surface area contributed by atoms with Gasteiger partial charge in [-0.3, -0.25) is 0 Å². The van der Waals surface area contributed by atoms with Crippen LogP contribution in [0.4, 0.5) is 4.39 Å². The highest BCUT2D eigenvalue weighted by Crippen LogP contribution is 2.14. The molecule has 16 heavy (non-hydrogen) atoms. The van der Waals surface area contributed by atoms with Gasteiger partial charge in [0.05, 0.1) is 0 Å². The number of hydrogen-bond acceptors (Lipinski definition) is 2. The molecular weight excluding hydrogens is 245 g/mol. The zero-order valence-corrected chi connectivity index (χ0v) is 11.2. The van der Waals surface area contributed by atoms with E-state index in [-0.39, 0.29) is 5.82 Å². The molecular formula is C12H17ClFNS. The van der Waals surface area contributed by atoms with E-state index in [1.807, 2.05) is 11.8 Å². The lowest BCUT2D eigenvalue weighted by Crippen LogP contribution is -2.22. The Balaban J connectivity index is 2.39. The van der Waals surface area contributed by atoms with Gasteiger partial charge in [0.1, 0.15) is 5.82 Å². The summed E-state index contributed by atoms with van der Waals surface area (Å²) in [6.07, 6.45) is 2.09. The van der Waals surface area contributed by atoms with E-state index in [1.54, 1.807) is 12.1 Å². The van der Waals surface area contributed by atoms with Crippen molar-refractivity contribution in [3.63, 3.8) is 0 Å². The highest BCUT2D eigenvalue weighted by molar-refractivity contribution is 7.98. The molecule has 1 atom stereocenters. The van der Waals surface area contributed by atoms with E-state index < -0.39 is 0 Å². The maximum atomic E-state index is 13.3. The summed E-state index contributed by atoms with van der Waals surface area (Å²) >= 11 is 7.64. The molecule has 0 radical (unpaired) electrons. The summed E-state index contributed by atoms with van der Waals surface area (Å²) in [4.78, 5) is 0. The maximum Gasteiger partial charge on any atom is 0.127 e. The van der Waals surface area contributed by atoms with Gasteiger partial charge in [0.15, 0.2) is 0 Å². The van der Waals surface area contributed by atoms with Crippen LogP contribution in [0.2, 0.25) is 5.02 Å². The predicted molar refractivity (Wildman–Crippen MR) is 70.7 cm³/mol. The molecule has 1 nitrogen and oxygen atoms in total. The van der Waals surface area contributed by atoms with Gasteiger partial charge in [-0.1, -0.05) is 18.5 Å². The minimum atomic E-state index is -0.200. The molecule has 1 rings (SSSR count). The fraction of sp³-hybridized carbons (Fsp3) is 0.500. The highest BCUT2D eigenvalue weighted by atomic mass is 35.5. The Morgan fingerprint density at radius 2 is 2.25 bits per heavy atom. The average molecular weight is 262 g/mol. The molecule has 0 heterocycles. The average Bonchev–Trinajstić information content (AvgIpc) is 2.23. The largest absolute Gasteiger partial charge is 0.312 e. The van der Waals surface area contributed by atoms with E-state index in [2.05, 4.69) is 18.5 Å². The first-order valence-corrected chi connectivity index (χ1v) is 7.04. The first-order chi connectivity index (χ1) is 7.63. The SMILES string of the molecule is CSCC(C)CNCc1cc(Cl)ccc1F. The number of rotatable bonds is 6. The fourth-order valence-electron chi connectivity index (χ4n) is 1.48. The Labute approximate surface area is 106 Å². The summed E-state index contributed by atoms with van der Waals surface area (Å²) in [6.45, 7) is 3.61. The molecule has 1 aromatic rings. The van der Waals surface area contributed by atoms with Gasteiger partial charge in [-0.25, -0.2) is 4.39 Å². The first kappa shape index (κ1) is 13.8. The van der Waals surface area contributed by atoms with Crippen molar-refractivity contribution in [1.29, 1.82) is 0 Å². The van der Waals surface area contributed by atoms with E-state index in [0.29, 0.717) is 23.0 Å². The lowest BCUT2D eigenvalue weighted by molar-refractivity contribution is 0.540. The van der Waals surface area contributed by atoms with Crippen molar-refractivity contribution in [3.05, 3.63) is 34.6 Å². The number of hydrogen-bond donors (Lipinski definition) is 1. The molecule has 0 amide bonds. The highest BCUT2D eigenvalue weighted by Gasteiger charge is 2.04.